The number of para-hydroxylation sites is 1. The van der Waals surface area contributed by atoms with Crippen LogP contribution < -0.4 is 10.8 Å². The molecule has 0 radical (unpaired) electrons. The molecule has 28 heavy (non-hydrogen) atoms. The molecule has 0 atom stereocenters. The van der Waals surface area contributed by atoms with Gasteiger partial charge in [0, 0.05) is 36.9 Å². The summed E-state index contributed by atoms with van der Waals surface area (Å²) >= 11 is 0. The Morgan fingerprint density at radius 3 is 2.68 bits per heavy atom. The monoisotopic (exact) mass is 379 g/mol. The van der Waals surface area contributed by atoms with Crippen LogP contribution in [-0.4, -0.2) is 34.4 Å². The normalized spacial score (nSPS) is 11.4. The van der Waals surface area contributed by atoms with Crippen LogP contribution in [0.2, 0.25) is 0 Å². The summed E-state index contributed by atoms with van der Waals surface area (Å²) in [5, 5.41) is 22.2. The van der Waals surface area contributed by atoms with Crippen LogP contribution >= 0.6 is 0 Å². The highest BCUT2D eigenvalue weighted by Gasteiger charge is 2.05. The summed E-state index contributed by atoms with van der Waals surface area (Å²) in [4.78, 5) is 14.4. The van der Waals surface area contributed by atoms with Crippen LogP contribution in [0.1, 0.15) is 22.4 Å². The highest BCUT2D eigenvalue weighted by Crippen LogP contribution is 2.20. The maximum Gasteiger partial charge on any atom is 0.267 e. The average Bonchev–Trinajstić information content (AvgIpc) is 3.14. The first-order valence-electron chi connectivity index (χ1n) is 9.32. The Morgan fingerprint density at radius 1 is 1.11 bits per heavy atom. The number of H-pyrrole nitrogens is 1. The second-order valence-electron chi connectivity index (χ2n) is 6.63. The number of aromatic nitrogens is 1. The smallest absolute Gasteiger partial charge is 0.267 e. The van der Waals surface area contributed by atoms with Crippen molar-refractivity contribution in [3.8, 4) is 0 Å². The number of fused-ring (bicyclic) bond motifs is 1. The fourth-order valence-electron chi connectivity index (χ4n) is 3.15. The second-order valence-corrected chi connectivity index (χ2v) is 6.63. The van der Waals surface area contributed by atoms with Crippen LogP contribution in [0.15, 0.2) is 54.6 Å². The molecule has 0 bridgehead atoms. The molecule has 0 unspecified atom stereocenters. The van der Waals surface area contributed by atoms with E-state index in [0.717, 1.165) is 41.8 Å². The van der Waals surface area contributed by atoms with Gasteiger partial charge < -0.3 is 15.4 Å². The number of rotatable bonds is 9. The third kappa shape index (κ3) is 5.29. The number of carbonyl (C=O) groups is 1. The minimum Gasteiger partial charge on any atom is -0.396 e. The van der Waals surface area contributed by atoms with Gasteiger partial charge in [0.25, 0.3) is 5.91 Å². The van der Waals surface area contributed by atoms with E-state index in [1.54, 1.807) is 11.6 Å². The number of benzene rings is 2. The summed E-state index contributed by atoms with van der Waals surface area (Å²) in [7, 11) is 0. The summed E-state index contributed by atoms with van der Waals surface area (Å²) in [6.07, 6.45) is 4.47. The van der Waals surface area contributed by atoms with Gasteiger partial charge in [-0.15, -0.1) is 0 Å². The summed E-state index contributed by atoms with van der Waals surface area (Å²) < 4.78 is 0. The van der Waals surface area contributed by atoms with Crippen molar-refractivity contribution in [3.05, 3.63) is 77.0 Å². The van der Waals surface area contributed by atoms with Crippen molar-refractivity contribution in [1.82, 2.24) is 15.8 Å². The molecule has 0 saturated heterocycles. The minimum atomic E-state index is -0.550. The van der Waals surface area contributed by atoms with Crippen molar-refractivity contribution >= 4 is 22.9 Å². The molecule has 1 amide bonds. The number of nitrogens with one attached hydrogen (secondary N) is 3. The van der Waals surface area contributed by atoms with E-state index < -0.39 is 5.91 Å². The van der Waals surface area contributed by atoms with Gasteiger partial charge in [-0.3, -0.25) is 10.0 Å². The van der Waals surface area contributed by atoms with Crippen LogP contribution in [0.3, 0.4) is 0 Å². The fourth-order valence-corrected chi connectivity index (χ4v) is 3.15. The number of hydrogen-bond acceptors (Lipinski definition) is 4. The van der Waals surface area contributed by atoms with Gasteiger partial charge in [0.1, 0.15) is 0 Å². The Hall–Kier alpha value is -2.93. The number of carbonyl (C=O) groups excluding carboxylic acids is 1. The molecule has 0 aliphatic rings. The van der Waals surface area contributed by atoms with Crippen molar-refractivity contribution in [3.63, 3.8) is 0 Å². The van der Waals surface area contributed by atoms with Crippen molar-refractivity contribution in [1.29, 1.82) is 0 Å². The average molecular weight is 379 g/mol. The Morgan fingerprint density at radius 2 is 1.93 bits per heavy atom. The first-order chi connectivity index (χ1) is 13.7. The van der Waals surface area contributed by atoms with Crippen molar-refractivity contribution in [2.24, 2.45) is 0 Å². The van der Waals surface area contributed by atoms with Crippen LogP contribution in [0.25, 0.3) is 17.0 Å². The van der Waals surface area contributed by atoms with E-state index in [-0.39, 0.29) is 6.61 Å². The summed E-state index contributed by atoms with van der Waals surface area (Å²) in [6.45, 7) is 1.76. The number of aliphatic hydroxyl groups is 1. The SMILES string of the molecule is O=C(/C=C/c1ccc(CNCCc2cccc3cc(CCO)[nH]c23)cc1)NO. The minimum absolute atomic E-state index is 0.146. The van der Waals surface area contributed by atoms with E-state index in [9.17, 15) is 4.79 Å². The van der Waals surface area contributed by atoms with E-state index in [1.165, 1.54) is 17.0 Å². The Labute approximate surface area is 163 Å². The number of hydrogen-bond donors (Lipinski definition) is 5. The molecule has 0 saturated carbocycles. The highest BCUT2D eigenvalue weighted by molar-refractivity contribution is 5.90. The summed E-state index contributed by atoms with van der Waals surface area (Å²) in [5.74, 6) is -0.550. The topological polar surface area (TPSA) is 97.4 Å². The van der Waals surface area contributed by atoms with Gasteiger partial charge in [0.2, 0.25) is 0 Å². The molecule has 3 rings (SSSR count). The second kappa shape index (κ2) is 9.85. The maximum absolute atomic E-state index is 11.0. The van der Waals surface area contributed by atoms with Crippen molar-refractivity contribution < 1.29 is 15.1 Å². The molecule has 0 aliphatic carbocycles. The third-order valence-electron chi connectivity index (χ3n) is 4.60. The van der Waals surface area contributed by atoms with E-state index >= 15 is 0 Å². The zero-order chi connectivity index (χ0) is 19.8. The largest absolute Gasteiger partial charge is 0.396 e. The predicted molar refractivity (Wildman–Crippen MR) is 110 cm³/mol. The summed E-state index contributed by atoms with van der Waals surface area (Å²) in [5.41, 5.74) is 7.08. The lowest BCUT2D eigenvalue weighted by atomic mass is 10.1. The standard InChI is InChI=1S/C22H25N3O3/c26-13-11-20-14-19-3-1-2-18(22(19)24-20)10-12-23-15-17-6-4-16(5-7-17)8-9-21(27)25-28/h1-9,14,23-24,26,28H,10-13,15H2,(H,25,27)/b9-8+. The molecule has 6 nitrogen and oxygen atoms in total. The fraction of sp³-hybridized carbons (Fsp3) is 0.227. The first-order valence-corrected chi connectivity index (χ1v) is 9.32. The number of hydroxylamine groups is 1. The summed E-state index contributed by atoms with van der Waals surface area (Å²) in [6, 6.07) is 16.3. The molecular formula is C22H25N3O3. The van der Waals surface area contributed by atoms with Gasteiger partial charge >= 0.3 is 0 Å². The molecule has 146 valence electrons. The predicted octanol–water partition coefficient (Wildman–Crippen LogP) is 2.55. The number of aromatic amines is 1. The molecule has 0 aliphatic heterocycles. The Bertz CT molecular complexity index is 945. The molecule has 1 heterocycles. The molecule has 6 heteroatoms. The number of amides is 1. The Balaban J connectivity index is 1.51. The molecular weight excluding hydrogens is 354 g/mol. The van der Waals surface area contributed by atoms with Gasteiger partial charge in [-0.2, -0.15) is 0 Å². The van der Waals surface area contributed by atoms with Gasteiger partial charge in [-0.1, -0.05) is 42.5 Å². The van der Waals surface area contributed by atoms with Crippen molar-refractivity contribution in [2.45, 2.75) is 19.4 Å². The van der Waals surface area contributed by atoms with Crippen molar-refractivity contribution in [2.75, 3.05) is 13.2 Å². The molecule has 2 aromatic carbocycles. The molecule has 0 fully saturated rings. The quantitative estimate of drug-likeness (QED) is 0.171. The van der Waals surface area contributed by atoms with Gasteiger partial charge in [0.15, 0.2) is 0 Å². The van der Waals surface area contributed by atoms with E-state index in [1.807, 2.05) is 24.3 Å². The zero-order valence-electron chi connectivity index (χ0n) is 15.6. The van der Waals surface area contributed by atoms with E-state index in [4.69, 9.17) is 10.3 Å². The third-order valence-corrected chi connectivity index (χ3v) is 4.60. The first kappa shape index (κ1) is 19.8. The van der Waals surface area contributed by atoms with Gasteiger partial charge in [-0.05, 0) is 47.2 Å². The molecule has 1 aromatic heterocycles. The lowest BCUT2D eigenvalue weighted by Gasteiger charge is -2.07. The van der Waals surface area contributed by atoms with Crippen LogP contribution in [-0.2, 0) is 24.2 Å². The van der Waals surface area contributed by atoms with Gasteiger partial charge in [0.05, 0.1) is 0 Å². The van der Waals surface area contributed by atoms with E-state index in [0.29, 0.717) is 6.42 Å². The highest BCUT2D eigenvalue weighted by atomic mass is 16.5. The maximum atomic E-state index is 11.0. The lowest BCUT2D eigenvalue weighted by Crippen LogP contribution is -2.16. The van der Waals surface area contributed by atoms with Crippen LogP contribution in [0, 0.1) is 0 Å². The van der Waals surface area contributed by atoms with Crippen LogP contribution in [0.5, 0.6) is 0 Å². The van der Waals surface area contributed by atoms with Gasteiger partial charge in [-0.25, -0.2) is 5.48 Å². The molecule has 5 N–H and O–H groups in total. The lowest BCUT2D eigenvalue weighted by molar-refractivity contribution is -0.124. The molecule has 3 aromatic rings. The molecule has 0 spiro atoms. The zero-order valence-corrected chi connectivity index (χ0v) is 15.6. The Kier molecular flexibility index (Phi) is 6.97. The van der Waals surface area contributed by atoms with Crippen LogP contribution in [0.4, 0.5) is 0 Å². The van der Waals surface area contributed by atoms with E-state index in [2.05, 4.69) is 34.6 Å². The number of aliphatic hydroxyl groups excluding tert-OH is 1.